The third-order valence-corrected chi connectivity index (χ3v) is 3.90. The Kier molecular flexibility index (Phi) is 3.54. The van der Waals surface area contributed by atoms with Crippen LogP contribution in [-0.2, 0) is 0 Å². The number of nitrogens with zero attached hydrogens (tertiary/aromatic N) is 2. The van der Waals surface area contributed by atoms with E-state index in [0.717, 1.165) is 12.8 Å². The number of nitro benzene ring substituents is 1. The lowest BCUT2D eigenvalue weighted by atomic mass is 10.1. The van der Waals surface area contributed by atoms with Gasteiger partial charge in [-0.3, -0.25) is 14.9 Å². The molecule has 0 radical (unpaired) electrons. The van der Waals surface area contributed by atoms with E-state index in [1.807, 2.05) is 6.07 Å². The normalized spacial score (nSPS) is 15.5. The first-order valence-corrected chi connectivity index (χ1v) is 7.25. The number of pyridine rings is 1. The van der Waals surface area contributed by atoms with Gasteiger partial charge in [0.15, 0.2) is 0 Å². The molecular weight excluding hydrogens is 282 g/mol. The summed E-state index contributed by atoms with van der Waals surface area (Å²) in [5, 5.41) is 10.9. The van der Waals surface area contributed by atoms with Crippen molar-refractivity contribution < 1.29 is 4.92 Å². The minimum atomic E-state index is -0.431. The maximum Gasteiger partial charge on any atom is 0.270 e. The van der Waals surface area contributed by atoms with Gasteiger partial charge in [-0.05, 0) is 31.9 Å². The Labute approximate surface area is 127 Å². The second-order valence-corrected chi connectivity index (χ2v) is 5.68. The number of nitro groups is 1. The fraction of sp³-hybridized carbons (Fsp3) is 0.312. The maximum atomic E-state index is 12.7. The van der Waals surface area contributed by atoms with Gasteiger partial charge in [0, 0.05) is 35.3 Å². The van der Waals surface area contributed by atoms with Crippen LogP contribution in [0.15, 0.2) is 41.2 Å². The summed E-state index contributed by atoms with van der Waals surface area (Å²) in [5.41, 5.74) is 7.73. The van der Waals surface area contributed by atoms with Crippen molar-refractivity contribution in [3.05, 3.63) is 62.4 Å². The van der Waals surface area contributed by atoms with Crippen molar-refractivity contribution >= 4 is 5.69 Å². The van der Waals surface area contributed by atoms with Gasteiger partial charge >= 0.3 is 0 Å². The fourth-order valence-electron chi connectivity index (χ4n) is 2.62. The van der Waals surface area contributed by atoms with E-state index < -0.39 is 4.92 Å². The molecule has 1 aliphatic carbocycles. The molecule has 6 heteroatoms. The molecule has 22 heavy (non-hydrogen) atoms. The minimum Gasteiger partial charge on any atom is -0.324 e. The zero-order valence-electron chi connectivity index (χ0n) is 12.2. The summed E-state index contributed by atoms with van der Waals surface area (Å²) < 4.78 is 1.73. The molecule has 1 aliphatic rings. The Morgan fingerprint density at radius 2 is 2.05 bits per heavy atom. The highest BCUT2D eigenvalue weighted by Gasteiger charge is 2.28. The van der Waals surface area contributed by atoms with Crippen LogP contribution in [0.5, 0.6) is 0 Å². The molecule has 6 nitrogen and oxygen atoms in total. The average molecular weight is 299 g/mol. The summed E-state index contributed by atoms with van der Waals surface area (Å²) in [5.74, 6) is 0. The van der Waals surface area contributed by atoms with Gasteiger partial charge in [-0.25, -0.2) is 0 Å². The standard InChI is InChI=1S/C16H17N3O3/c1-10(17)14-7-8-15(18(16(14)20)12-5-6-12)11-3-2-4-13(9-11)19(21)22/h2-4,7-10,12H,5-6,17H2,1H3. The highest BCUT2D eigenvalue weighted by Crippen LogP contribution is 2.37. The van der Waals surface area contributed by atoms with E-state index in [-0.39, 0.29) is 23.3 Å². The lowest BCUT2D eigenvalue weighted by Gasteiger charge is -2.15. The third-order valence-electron chi connectivity index (χ3n) is 3.90. The molecule has 1 atom stereocenters. The number of non-ortho nitro benzene ring substituents is 1. The van der Waals surface area contributed by atoms with Gasteiger partial charge in [-0.1, -0.05) is 12.1 Å². The van der Waals surface area contributed by atoms with Gasteiger partial charge in [0.25, 0.3) is 11.2 Å². The Bertz CT molecular complexity index is 791. The van der Waals surface area contributed by atoms with E-state index in [2.05, 4.69) is 0 Å². The summed E-state index contributed by atoms with van der Waals surface area (Å²) in [6, 6.07) is 9.74. The quantitative estimate of drug-likeness (QED) is 0.694. The molecule has 0 amide bonds. The number of nitrogens with two attached hydrogens (primary N) is 1. The molecule has 0 saturated heterocycles. The maximum absolute atomic E-state index is 12.7. The van der Waals surface area contributed by atoms with Gasteiger partial charge in [0.2, 0.25) is 0 Å². The van der Waals surface area contributed by atoms with E-state index >= 15 is 0 Å². The Morgan fingerprint density at radius 3 is 2.64 bits per heavy atom. The lowest BCUT2D eigenvalue weighted by molar-refractivity contribution is -0.384. The number of benzene rings is 1. The van der Waals surface area contributed by atoms with Crippen molar-refractivity contribution in [3.8, 4) is 11.3 Å². The van der Waals surface area contributed by atoms with Crippen molar-refractivity contribution in [1.82, 2.24) is 4.57 Å². The van der Waals surface area contributed by atoms with Crippen LogP contribution in [-0.4, -0.2) is 9.49 Å². The van der Waals surface area contributed by atoms with E-state index in [0.29, 0.717) is 16.8 Å². The summed E-state index contributed by atoms with van der Waals surface area (Å²) in [6.45, 7) is 1.78. The molecule has 3 rings (SSSR count). The first kappa shape index (κ1) is 14.5. The number of hydrogen-bond donors (Lipinski definition) is 1. The zero-order valence-corrected chi connectivity index (χ0v) is 12.2. The van der Waals surface area contributed by atoms with E-state index in [4.69, 9.17) is 5.73 Å². The van der Waals surface area contributed by atoms with Crippen LogP contribution in [0.4, 0.5) is 5.69 Å². The second kappa shape index (κ2) is 5.38. The van der Waals surface area contributed by atoms with Gasteiger partial charge in [0.05, 0.1) is 10.6 Å². The van der Waals surface area contributed by atoms with E-state index in [1.54, 1.807) is 29.7 Å². The minimum absolute atomic E-state index is 0.0172. The molecule has 1 fully saturated rings. The molecule has 1 aromatic heterocycles. The van der Waals surface area contributed by atoms with Crippen LogP contribution in [0.1, 0.15) is 37.4 Å². The molecule has 114 valence electrons. The molecule has 1 heterocycles. The van der Waals surface area contributed by atoms with Gasteiger partial charge in [0.1, 0.15) is 0 Å². The molecule has 0 bridgehead atoms. The van der Waals surface area contributed by atoms with Crippen molar-refractivity contribution in [2.24, 2.45) is 5.73 Å². The Morgan fingerprint density at radius 1 is 1.32 bits per heavy atom. The smallest absolute Gasteiger partial charge is 0.270 e. The largest absolute Gasteiger partial charge is 0.324 e. The summed E-state index contributed by atoms with van der Waals surface area (Å²) in [4.78, 5) is 23.2. The molecular formula is C16H17N3O3. The Balaban J connectivity index is 2.19. The second-order valence-electron chi connectivity index (χ2n) is 5.68. The highest BCUT2D eigenvalue weighted by molar-refractivity contribution is 5.63. The first-order valence-electron chi connectivity index (χ1n) is 7.25. The molecule has 1 saturated carbocycles. The lowest BCUT2D eigenvalue weighted by Crippen LogP contribution is -2.27. The van der Waals surface area contributed by atoms with E-state index in [1.165, 1.54) is 12.1 Å². The van der Waals surface area contributed by atoms with Crippen LogP contribution in [0.25, 0.3) is 11.3 Å². The van der Waals surface area contributed by atoms with Crippen molar-refractivity contribution in [3.63, 3.8) is 0 Å². The summed E-state index contributed by atoms with van der Waals surface area (Å²) in [7, 11) is 0. The zero-order chi connectivity index (χ0) is 15.9. The van der Waals surface area contributed by atoms with Crippen LogP contribution in [0, 0.1) is 10.1 Å². The third kappa shape index (κ3) is 2.53. The number of hydrogen-bond acceptors (Lipinski definition) is 4. The Hall–Kier alpha value is -2.47. The topological polar surface area (TPSA) is 91.2 Å². The van der Waals surface area contributed by atoms with Crippen LogP contribution in [0.3, 0.4) is 0 Å². The molecule has 0 spiro atoms. The average Bonchev–Trinajstić information content (AvgIpc) is 3.31. The SMILES string of the molecule is CC(N)c1ccc(-c2cccc([N+](=O)[O-])c2)n(C2CC2)c1=O. The molecule has 1 unspecified atom stereocenters. The molecule has 0 aliphatic heterocycles. The number of aromatic nitrogens is 1. The van der Waals surface area contributed by atoms with Crippen LogP contribution >= 0.6 is 0 Å². The fourth-order valence-corrected chi connectivity index (χ4v) is 2.62. The summed E-state index contributed by atoms with van der Waals surface area (Å²) >= 11 is 0. The molecule has 2 aromatic rings. The predicted octanol–water partition coefficient (Wildman–Crippen LogP) is 2.78. The predicted molar refractivity (Wildman–Crippen MR) is 83.7 cm³/mol. The monoisotopic (exact) mass is 299 g/mol. The van der Waals surface area contributed by atoms with Crippen molar-refractivity contribution in [2.45, 2.75) is 31.8 Å². The van der Waals surface area contributed by atoms with Gasteiger partial charge in [-0.2, -0.15) is 0 Å². The summed E-state index contributed by atoms with van der Waals surface area (Å²) in [6.07, 6.45) is 1.90. The molecule has 2 N–H and O–H groups in total. The molecule has 1 aromatic carbocycles. The van der Waals surface area contributed by atoms with Gasteiger partial charge in [-0.15, -0.1) is 0 Å². The highest BCUT2D eigenvalue weighted by atomic mass is 16.6. The van der Waals surface area contributed by atoms with Crippen LogP contribution in [0.2, 0.25) is 0 Å². The van der Waals surface area contributed by atoms with Crippen molar-refractivity contribution in [1.29, 1.82) is 0 Å². The number of rotatable bonds is 4. The van der Waals surface area contributed by atoms with E-state index in [9.17, 15) is 14.9 Å². The van der Waals surface area contributed by atoms with Crippen LogP contribution < -0.4 is 11.3 Å². The van der Waals surface area contributed by atoms with Crippen molar-refractivity contribution in [2.75, 3.05) is 0 Å². The first-order chi connectivity index (χ1) is 10.5. The van der Waals surface area contributed by atoms with Gasteiger partial charge < -0.3 is 10.3 Å².